The maximum atomic E-state index is 14.2. The average Bonchev–Trinajstić information content (AvgIpc) is 3.12. The highest BCUT2D eigenvalue weighted by molar-refractivity contribution is 6.31. The molecule has 0 aliphatic heterocycles. The molecule has 0 aliphatic carbocycles. The van der Waals surface area contributed by atoms with E-state index >= 15 is 0 Å². The second-order valence-corrected chi connectivity index (χ2v) is 6.66. The Morgan fingerprint density at radius 1 is 1.34 bits per heavy atom. The first-order valence-electron chi connectivity index (χ1n) is 8.79. The number of halogens is 2. The van der Waals surface area contributed by atoms with Gasteiger partial charge in [-0.3, -0.25) is 9.59 Å². The van der Waals surface area contributed by atoms with E-state index in [1.807, 2.05) is 0 Å². The lowest BCUT2D eigenvalue weighted by Gasteiger charge is -2.15. The van der Waals surface area contributed by atoms with Gasteiger partial charge in [0, 0.05) is 49.1 Å². The number of nitrogens with zero attached hydrogens (tertiary/aromatic N) is 3. The molecule has 3 aromatic heterocycles. The van der Waals surface area contributed by atoms with E-state index in [-0.39, 0.29) is 36.2 Å². The first-order chi connectivity index (χ1) is 13.9. The number of pyridine rings is 1. The minimum atomic E-state index is -0.781. The Balaban J connectivity index is 0. The van der Waals surface area contributed by atoms with Crippen molar-refractivity contribution < 1.29 is 19.7 Å². The summed E-state index contributed by atoms with van der Waals surface area (Å²) in [6.07, 6.45) is 4.34. The number of aromatic amines is 1. The van der Waals surface area contributed by atoms with Crippen molar-refractivity contribution in [2.75, 3.05) is 18.9 Å². The number of rotatable bonds is 7. The third-order valence-corrected chi connectivity index (χ3v) is 4.37. The highest BCUT2D eigenvalue weighted by atomic mass is 35.5. The van der Waals surface area contributed by atoms with Crippen LogP contribution in [-0.2, 0) is 9.59 Å². The van der Waals surface area contributed by atoms with Crippen LogP contribution in [-0.4, -0.2) is 51.4 Å². The minimum Gasteiger partial charge on any atom is -0.359 e. The smallest absolute Gasteiger partial charge is 0.242 e. The topological polar surface area (TPSA) is 125 Å². The van der Waals surface area contributed by atoms with E-state index in [0.717, 1.165) is 6.20 Å². The van der Waals surface area contributed by atoms with E-state index in [0.29, 0.717) is 21.6 Å². The van der Waals surface area contributed by atoms with Gasteiger partial charge in [-0.15, -0.1) is 0 Å². The Morgan fingerprint density at radius 3 is 2.90 bits per heavy atom. The van der Waals surface area contributed by atoms with E-state index in [9.17, 15) is 14.0 Å². The molecular weight excluding hydrogens is 401 g/mol. The summed E-state index contributed by atoms with van der Waals surface area (Å²) in [5.74, 6) is -1.15. The SMILES string of the molecule is CNC(=O)CCNC(=O)[C@H](C)Nc1nc(-c2c[nH]c3ncc(Cl)cc23)ncc1F.[HH].[HH].[HH].[HH]. The number of amides is 2. The summed E-state index contributed by atoms with van der Waals surface area (Å²) in [6, 6.07) is 0.925. The fourth-order valence-corrected chi connectivity index (χ4v) is 2.77. The van der Waals surface area contributed by atoms with Gasteiger partial charge in [0.25, 0.3) is 0 Å². The molecule has 0 unspecified atom stereocenters. The Hall–Kier alpha value is -3.27. The van der Waals surface area contributed by atoms with Crippen molar-refractivity contribution in [3.8, 4) is 11.4 Å². The van der Waals surface area contributed by atoms with Gasteiger partial charge >= 0.3 is 0 Å². The molecule has 160 valence electrons. The number of carbonyl (C=O) groups is 2. The van der Waals surface area contributed by atoms with Crippen LogP contribution in [0.3, 0.4) is 0 Å². The molecule has 3 heterocycles. The third kappa shape index (κ3) is 4.77. The average molecular weight is 428 g/mol. The fourth-order valence-electron chi connectivity index (χ4n) is 2.61. The number of aromatic nitrogens is 4. The molecule has 1 atom stereocenters. The molecule has 0 aliphatic rings. The third-order valence-electron chi connectivity index (χ3n) is 4.16. The predicted octanol–water partition coefficient (Wildman–Crippen LogP) is 2.85. The van der Waals surface area contributed by atoms with Gasteiger partial charge < -0.3 is 20.9 Å². The maximum absolute atomic E-state index is 14.2. The molecule has 4 N–H and O–H groups in total. The first kappa shape index (κ1) is 20.5. The zero-order valence-electron chi connectivity index (χ0n) is 15.7. The standard InChI is InChI=1S/C18H19ClFN7O2.4H2/c1-9(18(29)22-4-3-14(28)21-2)26-17-13(20)8-25-16(27-17)12-7-24-15-11(12)5-10(19)6-23-15;;;;/h5-9H,3-4H2,1-2H3,(H,21,28)(H,22,29)(H,23,24)(H,25,26,27);4*1H/t9-;;;;/m0..../s1. The Morgan fingerprint density at radius 2 is 2.14 bits per heavy atom. The molecule has 0 bridgehead atoms. The molecular formula is C18H27ClFN7O2. The summed E-state index contributed by atoms with van der Waals surface area (Å²) < 4.78 is 14.2. The zero-order chi connectivity index (χ0) is 21.0. The quantitative estimate of drug-likeness (QED) is 0.459. The first-order valence-corrected chi connectivity index (χ1v) is 9.17. The summed E-state index contributed by atoms with van der Waals surface area (Å²) in [5.41, 5.74) is 1.19. The van der Waals surface area contributed by atoms with E-state index < -0.39 is 17.8 Å². The Bertz CT molecular complexity index is 1070. The molecule has 3 aromatic rings. The Labute approximate surface area is 176 Å². The molecule has 0 spiro atoms. The number of anilines is 1. The summed E-state index contributed by atoms with van der Waals surface area (Å²) in [7, 11) is 1.52. The van der Waals surface area contributed by atoms with Crippen LogP contribution in [0.15, 0.2) is 24.7 Å². The van der Waals surface area contributed by atoms with Crippen molar-refractivity contribution in [1.29, 1.82) is 0 Å². The van der Waals surface area contributed by atoms with Crippen molar-refractivity contribution >= 4 is 40.3 Å². The minimum absolute atomic E-state index is 0. The molecule has 0 radical (unpaired) electrons. The lowest BCUT2D eigenvalue weighted by Crippen LogP contribution is -2.39. The molecule has 2 amide bonds. The van der Waals surface area contributed by atoms with E-state index in [1.54, 1.807) is 19.2 Å². The lowest BCUT2D eigenvalue weighted by atomic mass is 10.2. The van der Waals surface area contributed by atoms with Crippen molar-refractivity contribution in [2.45, 2.75) is 19.4 Å². The molecule has 0 saturated carbocycles. The van der Waals surface area contributed by atoms with Crippen LogP contribution in [0.5, 0.6) is 0 Å². The van der Waals surface area contributed by atoms with Gasteiger partial charge in [0.2, 0.25) is 11.8 Å². The van der Waals surface area contributed by atoms with E-state index in [1.165, 1.54) is 13.2 Å². The number of fused-ring (bicyclic) bond motifs is 1. The molecule has 3 rings (SSSR count). The number of hydrogen-bond acceptors (Lipinski definition) is 6. The molecule has 11 heteroatoms. The number of nitrogens with one attached hydrogen (secondary N) is 4. The zero-order valence-corrected chi connectivity index (χ0v) is 16.5. The van der Waals surface area contributed by atoms with E-state index in [4.69, 9.17) is 11.6 Å². The van der Waals surface area contributed by atoms with Gasteiger partial charge in [-0.1, -0.05) is 11.6 Å². The Kier molecular flexibility index (Phi) is 6.23. The van der Waals surface area contributed by atoms with Crippen LogP contribution in [0.4, 0.5) is 10.2 Å². The summed E-state index contributed by atoms with van der Waals surface area (Å²) in [6.45, 7) is 1.73. The largest absolute Gasteiger partial charge is 0.359 e. The van der Waals surface area contributed by atoms with Crippen molar-refractivity contribution in [2.24, 2.45) is 0 Å². The molecule has 0 fully saturated rings. The molecule has 0 aromatic carbocycles. The fraction of sp³-hybridized carbons (Fsp3) is 0.278. The number of hydrogen-bond donors (Lipinski definition) is 4. The number of carbonyl (C=O) groups excluding carboxylic acids is 2. The van der Waals surface area contributed by atoms with Gasteiger partial charge in [0.1, 0.15) is 11.7 Å². The van der Waals surface area contributed by atoms with Gasteiger partial charge in [-0.25, -0.2) is 19.3 Å². The van der Waals surface area contributed by atoms with Crippen LogP contribution in [0, 0.1) is 5.82 Å². The highest BCUT2D eigenvalue weighted by Crippen LogP contribution is 2.28. The summed E-state index contributed by atoms with van der Waals surface area (Å²) in [5, 5.41) is 8.94. The van der Waals surface area contributed by atoms with Crippen LogP contribution < -0.4 is 16.0 Å². The van der Waals surface area contributed by atoms with Crippen molar-refractivity contribution in [3.05, 3.63) is 35.5 Å². The summed E-state index contributed by atoms with van der Waals surface area (Å²) in [4.78, 5) is 38.7. The van der Waals surface area contributed by atoms with Crippen LogP contribution >= 0.6 is 11.6 Å². The van der Waals surface area contributed by atoms with Crippen LogP contribution in [0.25, 0.3) is 22.4 Å². The van der Waals surface area contributed by atoms with E-state index in [2.05, 4.69) is 35.9 Å². The normalized spacial score (nSPS) is 11.9. The summed E-state index contributed by atoms with van der Waals surface area (Å²) >= 11 is 6.01. The van der Waals surface area contributed by atoms with Crippen LogP contribution in [0.2, 0.25) is 5.02 Å². The van der Waals surface area contributed by atoms with Gasteiger partial charge in [-0.05, 0) is 13.0 Å². The number of H-pyrrole nitrogens is 1. The lowest BCUT2D eigenvalue weighted by molar-refractivity contribution is -0.122. The monoisotopic (exact) mass is 427 g/mol. The van der Waals surface area contributed by atoms with Gasteiger partial charge in [0.05, 0.1) is 11.2 Å². The van der Waals surface area contributed by atoms with Crippen LogP contribution in [0.1, 0.15) is 19.1 Å². The van der Waals surface area contributed by atoms with Crippen molar-refractivity contribution in [1.82, 2.24) is 30.6 Å². The molecule has 0 saturated heterocycles. The molecule has 29 heavy (non-hydrogen) atoms. The van der Waals surface area contributed by atoms with Gasteiger partial charge in [-0.2, -0.15) is 0 Å². The second kappa shape index (κ2) is 8.82. The second-order valence-electron chi connectivity index (χ2n) is 6.22. The van der Waals surface area contributed by atoms with Crippen molar-refractivity contribution in [3.63, 3.8) is 0 Å². The van der Waals surface area contributed by atoms with Gasteiger partial charge in [0.15, 0.2) is 17.5 Å². The predicted molar refractivity (Wildman–Crippen MR) is 115 cm³/mol. The molecule has 9 nitrogen and oxygen atoms in total. The maximum Gasteiger partial charge on any atom is 0.242 e. The highest BCUT2D eigenvalue weighted by Gasteiger charge is 2.18.